The largest absolute Gasteiger partial charge is 0.506 e. The normalized spacial score (nSPS) is 16.4. The van der Waals surface area contributed by atoms with Gasteiger partial charge in [0, 0.05) is 49.8 Å². The zero-order chi connectivity index (χ0) is 35.8. The average Bonchev–Trinajstić information content (AvgIpc) is 3.70. The van der Waals surface area contributed by atoms with Crippen molar-refractivity contribution in [2.24, 2.45) is 0 Å². The maximum Gasteiger partial charge on any atom is 0.271 e. The summed E-state index contributed by atoms with van der Waals surface area (Å²) < 4.78 is 6.44. The summed E-state index contributed by atoms with van der Waals surface area (Å²) in [6, 6.07) is 23.8. The first-order chi connectivity index (χ1) is 24.8. The quantitative estimate of drug-likeness (QED) is 0.0939. The molecule has 2 aliphatic rings. The topological polar surface area (TPSA) is 85.6 Å². The zero-order valence-corrected chi connectivity index (χ0v) is 31.2. The van der Waals surface area contributed by atoms with Gasteiger partial charge in [0.15, 0.2) is 13.1 Å². The van der Waals surface area contributed by atoms with Crippen LogP contribution in [0.5, 0.6) is 0 Å². The summed E-state index contributed by atoms with van der Waals surface area (Å²) in [5.41, 5.74) is 4.61. The Kier molecular flexibility index (Phi) is 9.77. The Balaban J connectivity index is 1.41. The lowest BCUT2D eigenvalue weighted by molar-refractivity contribution is -0.669. The van der Waals surface area contributed by atoms with Crippen LogP contribution >= 0.6 is 22.7 Å². The van der Waals surface area contributed by atoms with Gasteiger partial charge in [-0.2, -0.15) is 9.13 Å². The zero-order valence-electron chi connectivity index (χ0n) is 29.5. The number of carbonyl (C=O) groups is 2. The number of aryl methyl sites for hydroxylation is 2. The number of hydrogen-bond acceptors (Lipinski definition) is 7. The number of anilines is 1. The molecular weight excluding hydrogens is 675 g/mol. The Labute approximate surface area is 306 Å². The van der Waals surface area contributed by atoms with Crippen molar-refractivity contribution in [1.82, 2.24) is 0 Å². The van der Waals surface area contributed by atoms with Crippen LogP contribution < -0.4 is 14.0 Å². The minimum atomic E-state index is -0.343. The summed E-state index contributed by atoms with van der Waals surface area (Å²) in [5.74, 6) is -0.992. The number of unbranched alkanes of at least 4 members (excludes halogenated alkanes) is 2. The summed E-state index contributed by atoms with van der Waals surface area (Å²) >= 11 is 3.05. The minimum absolute atomic E-state index is 0.0726. The van der Waals surface area contributed by atoms with Gasteiger partial charge in [-0.15, -0.1) is 0 Å². The van der Waals surface area contributed by atoms with Gasteiger partial charge in [0.05, 0.1) is 27.9 Å². The van der Waals surface area contributed by atoms with E-state index in [0.717, 1.165) is 76.4 Å². The number of nitrogens with zero attached hydrogens (tertiary/aromatic N) is 3. The van der Waals surface area contributed by atoms with E-state index in [2.05, 4.69) is 53.9 Å². The molecule has 0 spiro atoms. The molecule has 260 valence electrons. The number of rotatable bonds is 13. The van der Waals surface area contributed by atoms with Crippen LogP contribution in [0.15, 0.2) is 101 Å². The number of para-hydroxylation sites is 2. The average molecular weight is 718 g/mol. The number of aliphatic hydroxyl groups is 2. The molecule has 3 aromatic carbocycles. The number of allylic oxidation sites excluding steroid dienone is 5. The molecule has 2 aliphatic carbocycles. The van der Waals surface area contributed by atoms with Gasteiger partial charge in [-0.25, -0.2) is 0 Å². The number of benzene rings is 3. The molecule has 51 heavy (non-hydrogen) atoms. The summed E-state index contributed by atoms with van der Waals surface area (Å²) in [6.07, 6.45) is 5.62. The van der Waals surface area contributed by atoms with Crippen molar-refractivity contribution < 1.29 is 28.9 Å². The van der Waals surface area contributed by atoms with Crippen LogP contribution in [0, 0.1) is 0 Å². The lowest BCUT2D eigenvalue weighted by atomic mass is 9.74. The summed E-state index contributed by atoms with van der Waals surface area (Å²) in [7, 11) is 0. The SMILES string of the molecule is CCCC[n+]1c(C=C2C(=O)C(C(=C3C(=O)C(c4ccc(N(CC)CC)cc4)=C3O)c3sc4ccccc4[n+]3CCCC)=C2O)sc2ccccc21. The van der Waals surface area contributed by atoms with E-state index in [0.29, 0.717) is 22.7 Å². The summed E-state index contributed by atoms with van der Waals surface area (Å²) in [6.45, 7) is 11.6. The molecule has 2 aromatic heterocycles. The van der Waals surface area contributed by atoms with Crippen molar-refractivity contribution in [3.05, 3.63) is 117 Å². The molecule has 2 N–H and O–H groups in total. The molecular formula is C42H43N3O4S2+2. The first-order valence-electron chi connectivity index (χ1n) is 17.9. The lowest BCUT2D eigenvalue weighted by Crippen LogP contribution is -2.39. The number of hydrogen-bond donors (Lipinski definition) is 2. The van der Waals surface area contributed by atoms with Crippen LogP contribution in [0.3, 0.4) is 0 Å². The number of carbonyl (C=O) groups excluding carboxylic acids is 2. The second-order valence-corrected chi connectivity index (χ2v) is 15.0. The van der Waals surface area contributed by atoms with Gasteiger partial charge in [0.25, 0.3) is 10.0 Å². The van der Waals surface area contributed by atoms with E-state index in [1.165, 1.54) is 11.3 Å². The van der Waals surface area contributed by atoms with Crippen LogP contribution in [0.4, 0.5) is 5.69 Å². The van der Waals surface area contributed by atoms with Crippen molar-refractivity contribution in [3.8, 4) is 0 Å². The standard InChI is InChI=1S/C42H41N3O4S2/c1-5-9-23-44-29-15-11-13-17-31(29)50-33(44)25-28-38(46)36(39(28)47)35(42-45(24-10-6-2)30-16-12-14-18-32(30)51-42)37-40(48)34(41(37)49)26-19-21-27(22-20-26)43(7-3)8-4/h11-22,25H,5-10,23-24H2,1-4H3/p+2. The van der Waals surface area contributed by atoms with E-state index in [1.807, 2.05) is 60.7 Å². The number of aliphatic hydroxyl groups excluding tert-OH is 2. The van der Waals surface area contributed by atoms with E-state index >= 15 is 0 Å². The van der Waals surface area contributed by atoms with Gasteiger partial charge in [-0.1, -0.05) is 85.8 Å². The van der Waals surface area contributed by atoms with Crippen molar-refractivity contribution in [1.29, 1.82) is 0 Å². The summed E-state index contributed by atoms with van der Waals surface area (Å²) in [5, 5.41) is 25.1. The van der Waals surface area contributed by atoms with Crippen molar-refractivity contribution in [2.75, 3.05) is 18.0 Å². The fraction of sp³-hybridized carbons (Fsp3) is 0.286. The second kappa shape index (κ2) is 14.4. The van der Waals surface area contributed by atoms with E-state index in [9.17, 15) is 19.8 Å². The molecule has 0 bridgehead atoms. The third-order valence-corrected chi connectivity index (χ3v) is 12.2. The summed E-state index contributed by atoms with van der Waals surface area (Å²) in [4.78, 5) is 30.7. The second-order valence-electron chi connectivity index (χ2n) is 12.9. The Bertz CT molecular complexity index is 2320. The van der Waals surface area contributed by atoms with Gasteiger partial charge < -0.3 is 15.1 Å². The Morgan fingerprint density at radius 2 is 1.31 bits per heavy atom. The third kappa shape index (κ3) is 5.92. The third-order valence-electron chi connectivity index (χ3n) is 9.87. The first-order valence-corrected chi connectivity index (χ1v) is 19.6. The molecule has 0 fully saturated rings. The monoisotopic (exact) mass is 717 g/mol. The van der Waals surface area contributed by atoms with Crippen molar-refractivity contribution in [2.45, 2.75) is 66.5 Å². The number of Topliss-reactive ketones (excluding diaryl/α,β-unsaturated/α-hetero) is 2. The fourth-order valence-electron chi connectivity index (χ4n) is 7.05. The highest BCUT2D eigenvalue weighted by Crippen LogP contribution is 2.48. The molecule has 0 unspecified atom stereocenters. The van der Waals surface area contributed by atoms with Gasteiger partial charge in [0.1, 0.15) is 20.9 Å². The van der Waals surface area contributed by atoms with Gasteiger partial charge in [-0.3, -0.25) is 9.59 Å². The van der Waals surface area contributed by atoms with E-state index in [1.54, 1.807) is 17.4 Å². The van der Waals surface area contributed by atoms with Crippen LogP contribution in [-0.2, 0) is 22.7 Å². The molecule has 2 heterocycles. The predicted octanol–water partition coefficient (Wildman–Crippen LogP) is 8.92. The highest BCUT2D eigenvalue weighted by molar-refractivity contribution is 7.19. The van der Waals surface area contributed by atoms with Crippen molar-refractivity contribution >= 4 is 77.6 Å². The predicted molar refractivity (Wildman–Crippen MR) is 208 cm³/mol. The van der Waals surface area contributed by atoms with Crippen LogP contribution in [-0.4, -0.2) is 34.9 Å². The molecule has 0 amide bonds. The number of fused-ring (bicyclic) bond motifs is 2. The molecule has 0 saturated heterocycles. The Morgan fingerprint density at radius 1 is 0.725 bits per heavy atom. The van der Waals surface area contributed by atoms with Crippen LogP contribution in [0.25, 0.3) is 37.7 Å². The molecule has 0 saturated carbocycles. The smallest absolute Gasteiger partial charge is 0.271 e. The number of ketones is 2. The van der Waals surface area contributed by atoms with Crippen LogP contribution in [0.2, 0.25) is 0 Å². The van der Waals surface area contributed by atoms with Crippen molar-refractivity contribution in [3.63, 3.8) is 0 Å². The highest BCUT2D eigenvalue weighted by atomic mass is 32.1. The number of aromatic nitrogens is 2. The Hall–Kier alpha value is -4.86. The van der Waals surface area contributed by atoms with E-state index in [4.69, 9.17) is 0 Å². The molecule has 0 atom stereocenters. The molecule has 7 rings (SSSR count). The first kappa shape index (κ1) is 34.6. The minimum Gasteiger partial charge on any atom is -0.506 e. The van der Waals surface area contributed by atoms with E-state index < -0.39 is 0 Å². The molecule has 0 radical (unpaired) electrons. The highest BCUT2D eigenvalue weighted by Gasteiger charge is 2.48. The van der Waals surface area contributed by atoms with Gasteiger partial charge in [-0.05, 0) is 43.7 Å². The molecule has 0 aliphatic heterocycles. The van der Waals surface area contributed by atoms with Crippen LogP contribution in [0.1, 0.15) is 69.0 Å². The molecule has 5 aromatic rings. The van der Waals surface area contributed by atoms with Gasteiger partial charge >= 0.3 is 0 Å². The fourth-order valence-corrected chi connectivity index (χ4v) is 9.42. The maximum atomic E-state index is 14.3. The Morgan fingerprint density at radius 3 is 1.90 bits per heavy atom. The lowest BCUT2D eigenvalue weighted by Gasteiger charge is -2.28. The maximum absolute atomic E-state index is 14.3. The molecule has 7 nitrogen and oxygen atoms in total. The van der Waals surface area contributed by atoms with E-state index in [-0.39, 0.29) is 45.4 Å². The molecule has 9 heteroatoms. The van der Waals surface area contributed by atoms with Gasteiger partial charge in [0.2, 0.25) is 22.6 Å². The number of thiazole rings is 2.